The van der Waals surface area contributed by atoms with Gasteiger partial charge in [-0.05, 0) is 36.4 Å². The van der Waals surface area contributed by atoms with Crippen LogP contribution in [0, 0.1) is 0 Å². The average Bonchev–Trinajstić information content (AvgIpc) is 2.88. The standard InChI is InChI=1S/C23H26N4O5S/c1-30-18-6-4-5-17(15-18)20-8-10-23(25-24-20)26-11-13-27(14-12-26)33(28,29)22-9-7-19(31-2)16-21(22)32-3/h4-10,15-16H,11-14H2,1-3H3. The molecule has 3 aromatic rings. The van der Waals surface area contributed by atoms with Gasteiger partial charge in [-0.25, -0.2) is 8.42 Å². The van der Waals surface area contributed by atoms with Crippen molar-refractivity contribution in [3.8, 4) is 28.5 Å². The Bertz CT molecular complexity index is 1210. The van der Waals surface area contributed by atoms with E-state index in [-0.39, 0.29) is 10.6 Å². The van der Waals surface area contributed by atoms with E-state index in [1.807, 2.05) is 41.3 Å². The number of anilines is 1. The molecule has 1 aromatic heterocycles. The summed E-state index contributed by atoms with van der Waals surface area (Å²) in [6.45, 7) is 1.67. The molecule has 1 aliphatic heterocycles. The normalized spacial score (nSPS) is 14.7. The van der Waals surface area contributed by atoms with Gasteiger partial charge in [0.15, 0.2) is 5.82 Å². The monoisotopic (exact) mass is 470 g/mol. The van der Waals surface area contributed by atoms with Crippen LogP contribution in [0.1, 0.15) is 0 Å². The third-order valence-corrected chi connectivity index (χ3v) is 7.51. The summed E-state index contributed by atoms with van der Waals surface area (Å²) >= 11 is 0. The van der Waals surface area contributed by atoms with Gasteiger partial charge in [-0.1, -0.05) is 12.1 Å². The highest BCUT2D eigenvalue weighted by molar-refractivity contribution is 7.89. The second-order valence-corrected chi connectivity index (χ2v) is 9.32. The van der Waals surface area contributed by atoms with E-state index in [1.165, 1.54) is 24.6 Å². The Morgan fingerprint density at radius 2 is 1.52 bits per heavy atom. The molecule has 1 saturated heterocycles. The van der Waals surface area contributed by atoms with Crippen LogP contribution in [0.3, 0.4) is 0 Å². The van der Waals surface area contributed by atoms with Gasteiger partial charge in [0.05, 0.1) is 27.0 Å². The van der Waals surface area contributed by atoms with E-state index in [2.05, 4.69) is 10.2 Å². The molecule has 0 spiro atoms. The van der Waals surface area contributed by atoms with Crippen molar-refractivity contribution in [2.24, 2.45) is 0 Å². The maximum atomic E-state index is 13.2. The Hall–Kier alpha value is -3.37. The van der Waals surface area contributed by atoms with E-state index >= 15 is 0 Å². The van der Waals surface area contributed by atoms with E-state index in [9.17, 15) is 8.42 Å². The van der Waals surface area contributed by atoms with Gasteiger partial charge < -0.3 is 19.1 Å². The smallest absolute Gasteiger partial charge is 0.246 e. The van der Waals surface area contributed by atoms with E-state index in [0.717, 1.165) is 17.0 Å². The lowest BCUT2D eigenvalue weighted by Gasteiger charge is -2.34. The molecule has 33 heavy (non-hydrogen) atoms. The molecule has 0 atom stereocenters. The first-order valence-corrected chi connectivity index (χ1v) is 11.9. The van der Waals surface area contributed by atoms with E-state index in [0.29, 0.717) is 37.7 Å². The van der Waals surface area contributed by atoms with E-state index in [4.69, 9.17) is 14.2 Å². The minimum Gasteiger partial charge on any atom is -0.497 e. The summed E-state index contributed by atoms with van der Waals surface area (Å²) in [6, 6.07) is 16.1. The molecule has 2 heterocycles. The van der Waals surface area contributed by atoms with Crippen LogP contribution in [0.15, 0.2) is 59.5 Å². The predicted octanol–water partition coefficient (Wildman–Crippen LogP) is 2.68. The number of sulfonamides is 1. The fourth-order valence-corrected chi connectivity index (χ4v) is 5.27. The zero-order chi connectivity index (χ0) is 23.4. The molecule has 174 valence electrons. The molecule has 0 bridgehead atoms. The van der Waals surface area contributed by atoms with Crippen molar-refractivity contribution in [2.45, 2.75) is 4.90 Å². The maximum Gasteiger partial charge on any atom is 0.246 e. The molecule has 4 rings (SSSR count). The molecule has 1 fully saturated rings. The van der Waals surface area contributed by atoms with Crippen LogP contribution in [0.2, 0.25) is 0 Å². The summed E-state index contributed by atoms with van der Waals surface area (Å²) in [6.07, 6.45) is 0. The van der Waals surface area contributed by atoms with E-state index in [1.54, 1.807) is 19.2 Å². The minimum atomic E-state index is -3.71. The molecule has 0 unspecified atom stereocenters. The topological polar surface area (TPSA) is 94.1 Å². The van der Waals surface area contributed by atoms with Crippen molar-refractivity contribution in [1.82, 2.24) is 14.5 Å². The second-order valence-electron chi connectivity index (χ2n) is 7.42. The zero-order valence-corrected chi connectivity index (χ0v) is 19.6. The predicted molar refractivity (Wildman–Crippen MR) is 125 cm³/mol. The first kappa shape index (κ1) is 22.8. The summed E-state index contributed by atoms with van der Waals surface area (Å²) in [5, 5.41) is 8.71. The van der Waals surface area contributed by atoms with Crippen molar-refractivity contribution < 1.29 is 22.6 Å². The van der Waals surface area contributed by atoms with Crippen molar-refractivity contribution in [3.63, 3.8) is 0 Å². The lowest BCUT2D eigenvalue weighted by molar-refractivity contribution is 0.369. The molecule has 9 nitrogen and oxygen atoms in total. The third-order valence-electron chi connectivity index (χ3n) is 5.57. The highest BCUT2D eigenvalue weighted by atomic mass is 32.2. The number of methoxy groups -OCH3 is 3. The van der Waals surface area contributed by atoms with Crippen LogP contribution in [0.4, 0.5) is 5.82 Å². The van der Waals surface area contributed by atoms with Gasteiger partial charge in [0, 0.05) is 37.8 Å². The SMILES string of the molecule is COc1cccc(-c2ccc(N3CCN(S(=O)(=O)c4ccc(OC)cc4OC)CC3)nn2)c1. The summed E-state index contributed by atoms with van der Waals surface area (Å²) in [5.41, 5.74) is 1.66. The number of ether oxygens (including phenoxy) is 3. The second kappa shape index (κ2) is 9.63. The first-order chi connectivity index (χ1) is 16.0. The molecule has 0 aliphatic carbocycles. The van der Waals surface area contributed by atoms with Crippen LogP contribution in [0.5, 0.6) is 17.2 Å². The molecule has 0 N–H and O–H groups in total. The third kappa shape index (κ3) is 4.71. The average molecular weight is 471 g/mol. The quantitative estimate of drug-likeness (QED) is 0.520. The van der Waals surface area contributed by atoms with Crippen molar-refractivity contribution >= 4 is 15.8 Å². The molecular formula is C23H26N4O5S. The summed E-state index contributed by atoms with van der Waals surface area (Å²) in [4.78, 5) is 2.15. The van der Waals surface area contributed by atoms with Crippen LogP contribution in [0.25, 0.3) is 11.3 Å². The highest BCUT2D eigenvalue weighted by Gasteiger charge is 2.31. The summed E-state index contributed by atoms with van der Waals surface area (Å²) < 4.78 is 43.6. The van der Waals surface area contributed by atoms with Gasteiger partial charge in [0.25, 0.3) is 0 Å². The van der Waals surface area contributed by atoms with Crippen LogP contribution < -0.4 is 19.1 Å². The highest BCUT2D eigenvalue weighted by Crippen LogP contribution is 2.31. The van der Waals surface area contributed by atoms with Gasteiger partial charge in [0.1, 0.15) is 22.1 Å². The fraction of sp³-hybridized carbons (Fsp3) is 0.304. The van der Waals surface area contributed by atoms with Crippen molar-refractivity contribution in [1.29, 1.82) is 0 Å². The number of rotatable bonds is 7. The summed E-state index contributed by atoms with van der Waals surface area (Å²) in [5.74, 6) is 2.26. The Morgan fingerprint density at radius 3 is 2.15 bits per heavy atom. The Balaban J connectivity index is 1.45. The van der Waals surface area contributed by atoms with Crippen molar-refractivity contribution in [2.75, 3.05) is 52.4 Å². The van der Waals surface area contributed by atoms with Crippen LogP contribution >= 0.6 is 0 Å². The van der Waals surface area contributed by atoms with E-state index < -0.39 is 10.0 Å². The lowest BCUT2D eigenvalue weighted by Crippen LogP contribution is -2.49. The molecular weight excluding hydrogens is 444 g/mol. The maximum absolute atomic E-state index is 13.2. The number of hydrogen-bond donors (Lipinski definition) is 0. The molecule has 0 radical (unpaired) electrons. The number of hydrogen-bond acceptors (Lipinski definition) is 8. The zero-order valence-electron chi connectivity index (χ0n) is 18.8. The summed E-state index contributed by atoms with van der Waals surface area (Å²) in [7, 11) is 0.883. The van der Waals surface area contributed by atoms with Crippen LogP contribution in [-0.2, 0) is 10.0 Å². The molecule has 1 aliphatic rings. The lowest BCUT2D eigenvalue weighted by atomic mass is 10.1. The van der Waals surface area contributed by atoms with Gasteiger partial charge in [-0.3, -0.25) is 0 Å². The van der Waals surface area contributed by atoms with Gasteiger partial charge in [-0.15, -0.1) is 10.2 Å². The molecule has 0 saturated carbocycles. The first-order valence-electron chi connectivity index (χ1n) is 10.4. The largest absolute Gasteiger partial charge is 0.497 e. The van der Waals surface area contributed by atoms with Crippen molar-refractivity contribution in [3.05, 3.63) is 54.6 Å². The van der Waals surface area contributed by atoms with Crippen LogP contribution in [-0.4, -0.2) is 70.4 Å². The number of piperazine rings is 1. The Morgan fingerprint density at radius 1 is 0.788 bits per heavy atom. The van der Waals surface area contributed by atoms with Gasteiger partial charge in [0.2, 0.25) is 10.0 Å². The Kier molecular flexibility index (Phi) is 6.66. The Labute approximate surface area is 193 Å². The molecule has 10 heteroatoms. The number of nitrogens with zero attached hydrogens (tertiary/aromatic N) is 4. The fourth-order valence-electron chi connectivity index (χ4n) is 3.71. The number of aromatic nitrogens is 2. The minimum absolute atomic E-state index is 0.127. The van der Waals surface area contributed by atoms with Gasteiger partial charge in [-0.2, -0.15) is 4.31 Å². The number of benzene rings is 2. The van der Waals surface area contributed by atoms with Gasteiger partial charge >= 0.3 is 0 Å². The molecule has 0 amide bonds. The molecule has 2 aromatic carbocycles.